The smallest absolute Gasteiger partial charge is 0.273 e. The van der Waals surface area contributed by atoms with Crippen molar-refractivity contribution in [3.05, 3.63) is 64.1 Å². The van der Waals surface area contributed by atoms with Gasteiger partial charge >= 0.3 is 0 Å². The number of aromatic nitrogens is 1. The highest BCUT2D eigenvalue weighted by Gasteiger charge is 2.00. The number of aliphatic hydroxyl groups excluding tert-OH is 1. The van der Waals surface area contributed by atoms with Crippen LogP contribution in [-0.4, -0.2) is 9.67 Å². The minimum Gasteiger partial charge on any atom is -0.394 e. The molecule has 1 aromatic carbocycles. The number of benzene rings is 1. The Balaban J connectivity index is 2.25. The number of hydrogen-bond acceptors (Lipinski definition) is 3. The summed E-state index contributed by atoms with van der Waals surface area (Å²) in [5.41, 5.74) is 7.47. The van der Waals surface area contributed by atoms with Gasteiger partial charge in [0, 0.05) is 6.20 Å². The van der Waals surface area contributed by atoms with Gasteiger partial charge in [0.15, 0.2) is 0 Å². The average molecular weight is 230 g/mol. The van der Waals surface area contributed by atoms with Crippen molar-refractivity contribution in [3.8, 4) is 0 Å². The Bertz CT molecular complexity index is 558. The maximum absolute atomic E-state index is 11.7. The lowest BCUT2D eigenvalue weighted by Crippen LogP contribution is -2.22. The summed E-state index contributed by atoms with van der Waals surface area (Å²) in [4.78, 5) is 11.7. The van der Waals surface area contributed by atoms with Gasteiger partial charge in [-0.15, -0.1) is 0 Å². The second-order valence-corrected chi connectivity index (χ2v) is 3.87. The molecule has 88 valence electrons. The number of aliphatic hydroxyl groups is 1. The van der Waals surface area contributed by atoms with E-state index in [1.807, 2.05) is 24.3 Å². The topological polar surface area (TPSA) is 68.2 Å². The predicted molar refractivity (Wildman–Crippen MR) is 66.6 cm³/mol. The van der Waals surface area contributed by atoms with Crippen LogP contribution >= 0.6 is 0 Å². The zero-order valence-electron chi connectivity index (χ0n) is 9.34. The fourth-order valence-corrected chi connectivity index (χ4v) is 1.63. The van der Waals surface area contributed by atoms with Gasteiger partial charge in [-0.3, -0.25) is 4.79 Å². The van der Waals surface area contributed by atoms with Crippen LogP contribution in [0.1, 0.15) is 11.1 Å². The highest BCUT2D eigenvalue weighted by molar-refractivity contribution is 5.34. The Hall–Kier alpha value is -2.07. The molecule has 0 fully saturated rings. The second kappa shape index (κ2) is 4.84. The van der Waals surface area contributed by atoms with Crippen LogP contribution in [0.5, 0.6) is 0 Å². The van der Waals surface area contributed by atoms with Gasteiger partial charge in [0.2, 0.25) is 0 Å². The van der Waals surface area contributed by atoms with Crippen LogP contribution in [-0.2, 0) is 13.2 Å². The molecule has 4 heteroatoms. The Morgan fingerprint density at radius 1 is 1.12 bits per heavy atom. The number of rotatable bonds is 3. The van der Waals surface area contributed by atoms with Crippen molar-refractivity contribution < 1.29 is 5.11 Å². The monoisotopic (exact) mass is 230 g/mol. The first-order chi connectivity index (χ1) is 8.20. The molecular formula is C13H14N2O2. The first-order valence-corrected chi connectivity index (χ1v) is 5.34. The summed E-state index contributed by atoms with van der Waals surface area (Å²) in [6.45, 7) is 0.508. The second-order valence-electron chi connectivity index (χ2n) is 3.87. The van der Waals surface area contributed by atoms with Crippen molar-refractivity contribution in [2.24, 2.45) is 0 Å². The first kappa shape index (κ1) is 11.4. The summed E-state index contributed by atoms with van der Waals surface area (Å²) < 4.78 is 1.56. The van der Waals surface area contributed by atoms with E-state index in [-0.39, 0.29) is 17.9 Å². The van der Waals surface area contributed by atoms with Crippen molar-refractivity contribution in [1.82, 2.24) is 4.57 Å². The number of nitrogens with zero attached hydrogens (tertiary/aromatic N) is 1. The molecule has 0 bridgehead atoms. The SMILES string of the molecule is Nc1cccn(Cc2ccc(CO)cc2)c1=O. The van der Waals surface area contributed by atoms with Gasteiger partial charge in [-0.1, -0.05) is 24.3 Å². The molecule has 0 saturated heterocycles. The molecule has 1 heterocycles. The molecule has 2 aromatic rings. The third kappa shape index (κ3) is 2.54. The van der Waals surface area contributed by atoms with Crippen molar-refractivity contribution in [2.45, 2.75) is 13.2 Å². The normalized spacial score (nSPS) is 10.4. The van der Waals surface area contributed by atoms with Crippen molar-refractivity contribution >= 4 is 5.69 Å². The minimum atomic E-state index is -0.182. The van der Waals surface area contributed by atoms with E-state index in [9.17, 15) is 4.79 Å². The van der Waals surface area contributed by atoms with Crippen LogP contribution in [0.2, 0.25) is 0 Å². The number of anilines is 1. The summed E-state index contributed by atoms with van der Waals surface area (Å²) >= 11 is 0. The van der Waals surface area contributed by atoms with Gasteiger partial charge in [-0.05, 0) is 23.3 Å². The molecule has 4 nitrogen and oxygen atoms in total. The Morgan fingerprint density at radius 2 is 1.76 bits per heavy atom. The highest BCUT2D eigenvalue weighted by atomic mass is 16.3. The van der Waals surface area contributed by atoms with E-state index >= 15 is 0 Å². The van der Waals surface area contributed by atoms with Crippen molar-refractivity contribution in [3.63, 3.8) is 0 Å². The zero-order chi connectivity index (χ0) is 12.3. The summed E-state index contributed by atoms with van der Waals surface area (Å²) in [7, 11) is 0. The number of pyridine rings is 1. The van der Waals surface area contributed by atoms with E-state index < -0.39 is 0 Å². The average Bonchev–Trinajstić information content (AvgIpc) is 2.36. The van der Waals surface area contributed by atoms with Crippen LogP contribution in [0.15, 0.2) is 47.4 Å². The molecule has 2 rings (SSSR count). The summed E-state index contributed by atoms with van der Waals surface area (Å²) in [5.74, 6) is 0. The quantitative estimate of drug-likeness (QED) is 0.825. The zero-order valence-corrected chi connectivity index (χ0v) is 9.34. The number of hydrogen-bond donors (Lipinski definition) is 2. The van der Waals surface area contributed by atoms with E-state index in [0.29, 0.717) is 6.54 Å². The predicted octanol–water partition coefficient (Wildman–Crippen LogP) is 0.971. The van der Waals surface area contributed by atoms with Gasteiger partial charge in [0.25, 0.3) is 5.56 Å². The fraction of sp³-hybridized carbons (Fsp3) is 0.154. The minimum absolute atomic E-state index is 0.0263. The lowest BCUT2D eigenvalue weighted by molar-refractivity contribution is 0.282. The summed E-state index contributed by atoms with van der Waals surface area (Å²) in [5, 5.41) is 8.93. The number of nitrogens with two attached hydrogens (primary N) is 1. The first-order valence-electron chi connectivity index (χ1n) is 5.34. The number of nitrogen functional groups attached to an aromatic ring is 1. The molecule has 0 amide bonds. The molecule has 0 aliphatic rings. The third-order valence-electron chi connectivity index (χ3n) is 2.61. The molecule has 0 atom stereocenters. The summed E-state index contributed by atoms with van der Waals surface area (Å²) in [6, 6.07) is 10.8. The molecule has 0 spiro atoms. The summed E-state index contributed by atoms with van der Waals surface area (Å²) in [6.07, 6.45) is 1.71. The van der Waals surface area contributed by atoms with Crippen LogP contribution in [0, 0.1) is 0 Å². The third-order valence-corrected chi connectivity index (χ3v) is 2.61. The standard InChI is InChI=1S/C13H14N2O2/c14-12-2-1-7-15(13(12)17)8-10-3-5-11(9-16)6-4-10/h1-7,16H,8-9,14H2. The van der Waals surface area contributed by atoms with E-state index in [0.717, 1.165) is 11.1 Å². The molecular weight excluding hydrogens is 216 g/mol. The van der Waals surface area contributed by atoms with Gasteiger partial charge in [0.1, 0.15) is 0 Å². The van der Waals surface area contributed by atoms with Crippen LogP contribution in [0.25, 0.3) is 0 Å². The van der Waals surface area contributed by atoms with Gasteiger partial charge in [0.05, 0.1) is 18.8 Å². The maximum Gasteiger partial charge on any atom is 0.273 e. The Morgan fingerprint density at radius 3 is 2.41 bits per heavy atom. The van der Waals surface area contributed by atoms with Crippen LogP contribution in [0.4, 0.5) is 5.69 Å². The molecule has 0 aliphatic carbocycles. The largest absolute Gasteiger partial charge is 0.394 e. The molecule has 0 radical (unpaired) electrons. The molecule has 3 N–H and O–H groups in total. The Labute approximate surface area is 98.9 Å². The lowest BCUT2D eigenvalue weighted by Gasteiger charge is -2.07. The van der Waals surface area contributed by atoms with E-state index in [1.165, 1.54) is 0 Å². The van der Waals surface area contributed by atoms with E-state index in [1.54, 1.807) is 22.9 Å². The van der Waals surface area contributed by atoms with Gasteiger partial charge in [-0.2, -0.15) is 0 Å². The van der Waals surface area contributed by atoms with Crippen LogP contribution < -0.4 is 11.3 Å². The molecule has 17 heavy (non-hydrogen) atoms. The molecule has 0 unspecified atom stereocenters. The molecule has 1 aromatic heterocycles. The van der Waals surface area contributed by atoms with E-state index in [2.05, 4.69) is 0 Å². The fourth-order valence-electron chi connectivity index (χ4n) is 1.63. The maximum atomic E-state index is 11.7. The Kier molecular flexibility index (Phi) is 3.25. The molecule has 0 aliphatic heterocycles. The van der Waals surface area contributed by atoms with Gasteiger partial charge in [-0.25, -0.2) is 0 Å². The highest BCUT2D eigenvalue weighted by Crippen LogP contribution is 2.06. The lowest BCUT2D eigenvalue weighted by atomic mass is 10.1. The van der Waals surface area contributed by atoms with Crippen molar-refractivity contribution in [2.75, 3.05) is 5.73 Å². The van der Waals surface area contributed by atoms with Crippen molar-refractivity contribution in [1.29, 1.82) is 0 Å². The van der Waals surface area contributed by atoms with Crippen LogP contribution in [0.3, 0.4) is 0 Å². The van der Waals surface area contributed by atoms with E-state index in [4.69, 9.17) is 10.8 Å². The van der Waals surface area contributed by atoms with Gasteiger partial charge < -0.3 is 15.4 Å². The molecule has 0 saturated carbocycles.